The van der Waals surface area contributed by atoms with Crippen molar-refractivity contribution < 1.29 is 14.4 Å². The van der Waals surface area contributed by atoms with Crippen LogP contribution in [0.25, 0.3) is 0 Å². The minimum atomic E-state index is -0.820. The number of hydrogen-bond donors (Lipinski definition) is 1. The van der Waals surface area contributed by atoms with E-state index in [-0.39, 0.29) is 23.7 Å². The van der Waals surface area contributed by atoms with Gasteiger partial charge >= 0.3 is 0 Å². The third kappa shape index (κ3) is 2.37. The Morgan fingerprint density at radius 3 is 2.48 bits per heavy atom. The summed E-state index contributed by atoms with van der Waals surface area (Å²) in [7, 11) is 0. The Labute approximate surface area is 125 Å². The molecule has 0 bridgehead atoms. The molecule has 1 aromatic heterocycles. The number of hydrogen-bond acceptors (Lipinski definition) is 5. The van der Waals surface area contributed by atoms with Crippen molar-refractivity contribution >= 4 is 34.2 Å². The lowest BCUT2D eigenvalue weighted by Gasteiger charge is -2.21. The van der Waals surface area contributed by atoms with Crippen LogP contribution in [0.1, 0.15) is 19.8 Å². The summed E-state index contributed by atoms with van der Waals surface area (Å²) in [6, 6.07) is -0.820. The van der Waals surface area contributed by atoms with Gasteiger partial charge in [0.1, 0.15) is 6.04 Å². The van der Waals surface area contributed by atoms with Gasteiger partial charge < -0.3 is 5.32 Å². The number of nitrogens with zero attached hydrogens (tertiary/aromatic N) is 2. The molecule has 21 heavy (non-hydrogen) atoms. The highest BCUT2D eigenvalue weighted by molar-refractivity contribution is 7.13. The van der Waals surface area contributed by atoms with Crippen LogP contribution in [-0.4, -0.2) is 33.6 Å². The molecule has 1 fully saturated rings. The molecule has 0 spiro atoms. The first-order valence-corrected chi connectivity index (χ1v) is 7.70. The molecule has 7 heteroatoms. The first-order chi connectivity index (χ1) is 10.1. The maximum absolute atomic E-state index is 12.4. The van der Waals surface area contributed by atoms with E-state index in [1.165, 1.54) is 11.3 Å². The highest BCUT2D eigenvalue weighted by atomic mass is 32.1. The first kappa shape index (κ1) is 13.9. The maximum atomic E-state index is 12.4. The van der Waals surface area contributed by atoms with E-state index in [0.29, 0.717) is 18.0 Å². The van der Waals surface area contributed by atoms with Gasteiger partial charge in [0.25, 0.3) is 0 Å². The summed E-state index contributed by atoms with van der Waals surface area (Å²) in [4.78, 5) is 42.0. The second kappa shape index (κ2) is 5.40. The van der Waals surface area contributed by atoms with Crippen molar-refractivity contribution in [3.8, 4) is 0 Å². The lowest BCUT2D eigenvalue weighted by atomic mass is 9.85. The summed E-state index contributed by atoms with van der Waals surface area (Å²) in [5.41, 5.74) is 0. The SMILES string of the molecule is C[C@@H](C(=O)Nc1nccs1)N1C(=O)[C@H]2CC=CC[C@H]2C1=O. The molecule has 2 aliphatic rings. The number of anilines is 1. The number of carbonyl (C=O) groups excluding carboxylic acids is 3. The lowest BCUT2D eigenvalue weighted by Crippen LogP contribution is -2.46. The van der Waals surface area contributed by atoms with Gasteiger partial charge in [-0.3, -0.25) is 19.3 Å². The van der Waals surface area contributed by atoms with E-state index in [9.17, 15) is 14.4 Å². The molecule has 110 valence electrons. The Kier molecular flexibility index (Phi) is 3.59. The summed E-state index contributed by atoms with van der Waals surface area (Å²) in [6.45, 7) is 1.57. The van der Waals surface area contributed by atoms with Gasteiger partial charge in [-0.1, -0.05) is 12.2 Å². The Hall–Kier alpha value is -2.02. The van der Waals surface area contributed by atoms with E-state index in [1.807, 2.05) is 12.2 Å². The van der Waals surface area contributed by atoms with Crippen LogP contribution < -0.4 is 5.32 Å². The Bertz CT molecular complexity index is 585. The lowest BCUT2D eigenvalue weighted by molar-refractivity contribution is -0.146. The molecule has 2 heterocycles. The van der Waals surface area contributed by atoms with Crippen molar-refractivity contribution in [2.75, 3.05) is 5.32 Å². The van der Waals surface area contributed by atoms with Crippen LogP contribution in [0, 0.1) is 11.8 Å². The van der Waals surface area contributed by atoms with Crippen LogP contribution in [0.2, 0.25) is 0 Å². The molecule has 3 atom stereocenters. The minimum Gasteiger partial charge on any atom is -0.300 e. The average molecular weight is 305 g/mol. The second-order valence-electron chi connectivity index (χ2n) is 5.20. The molecule has 1 saturated heterocycles. The molecule has 0 unspecified atom stereocenters. The van der Waals surface area contributed by atoms with Gasteiger partial charge in [-0.25, -0.2) is 4.98 Å². The predicted octanol–water partition coefficient (Wildman–Crippen LogP) is 1.42. The fourth-order valence-electron chi connectivity index (χ4n) is 2.82. The van der Waals surface area contributed by atoms with Crippen LogP contribution in [0.5, 0.6) is 0 Å². The molecule has 3 rings (SSSR count). The van der Waals surface area contributed by atoms with Crippen molar-refractivity contribution in [1.82, 2.24) is 9.88 Å². The largest absolute Gasteiger partial charge is 0.300 e. The number of fused-ring (bicyclic) bond motifs is 1. The quantitative estimate of drug-likeness (QED) is 0.676. The third-order valence-electron chi connectivity index (χ3n) is 3.97. The Balaban J connectivity index is 1.75. The van der Waals surface area contributed by atoms with E-state index in [0.717, 1.165) is 4.90 Å². The molecule has 6 nitrogen and oxygen atoms in total. The molecule has 3 amide bonds. The van der Waals surface area contributed by atoms with Crippen molar-refractivity contribution in [3.63, 3.8) is 0 Å². The van der Waals surface area contributed by atoms with Crippen molar-refractivity contribution in [2.45, 2.75) is 25.8 Å². The average Bonchev–Trinajstić information content (AvgIpc) is 3.07. The van der Waals surface area contributed by atoms with Crippen molar-refractivity contribution in [1.29, 1.82) is 0 Å². The number of likely N-dealkylation sites (tertiary alicyclic amines) is 1. The van der Waals surface area contributed by atoms with Crippen LogP contribution in [0.4, 0.5) is 5.13 Å². The number of carbonyl (C=O) groups is 3. The van der Waals surface area contributed by atoms with Gasteiger partial charge in [-0.2, -0.15) is 0 Å². The fraction of sp³-hybridized carbons (Fsp3) is 0.429. The number of aromatic nitrogens is 1. The van der Waals surface area contributed by atoms with Crippen LogP contribution in [-0.2, 0) is 14.4 Å². The maximum Gasteiger partial charge on any atom is 0.249 e. The number of amides is 3. The van der Waals surface area contributed by atoms with Gasteiger partial charge in [0.05, 0.1) is 11.8 Å². The minimum absolute atomic E-state index is 0.240. The molecule has 1 aromatic rings. The van der Waals surface area contributed by atoms with E-state index in [1.54, 1.807) is 18.5 Å². The predicted molar refractivity (Wildman–Crippen MR) is 77.4 cm³/mol. The Morgan fingerprint density at radius 1 is 1.33 bits per heavy atom. The summed E-state index contributed by atoms with van der Waals surface area (Å²) in [5, 5.41) is 4.83. The molecule has 1 N–H and O–H groups in total. The molecule has 0 saturated carbocycles. The molecular weight excluding hydrogens is 290 g/mol. The number of allylic oxidation sites excluding steroid dienone is 2. The zero-order valence-corrected chi connectivity index (χ0v) is 12.3. The van der Waals surface area contributed by atoms with E-state index in [4.69, 9.17) is 0 Å². The molecular formula is C14H15N3O3S. The van der Waals surface area contributed by atoms with Crippen molar-refractivity contribution in [2.24, 2.45) is 11.8 Å². The first-order valence-electron chi connectivity index (χ1n) is 6.82. The van der Waals surface area contributed by atoms with Crippen LogP contribution in [0.3, 0.4) is 0 Å². The normalized spacial score (nSPS) is 25.9. The zero-order chi connectivity index (χ0) is 15.0. The van der Waals surface area contributed by atoms with Gasteiger partial charge in [-0.05, 0) is 19.8 Å². The molecule has 0 aromatic carbocycles. The van der Waals surface area contributed by atoms with Gasteiger partial charge in [0, 0.05) is 11.6 Å². The number of nitrogens with one attached hydrogen (secondary N) is 1. The second-order valence-corrected chi connectivity index (χ2v) is 6.10. The fourth-order valence-corrected chi connectivity index (χ4v) is 3.35. The highest BCUT2D eigenvalue weighted by Crippen LogP contribution is 2.36. The standard InChI is InChI=1S/C14H15N3O3S/c1-8(11(18)16-14-15-6-7-21-14)17-12(19)9-4-2-3-5-10(9)13(17)20/h2-3,6-10H,4-5H2,1H3,(H,15,16,18)/t8-,9-,10+/m0/s1. The number of imide groups is 1. The molecule has 1 aliphatic carbocycles. The summed E-state index contributed by atoms with van der Waals surface area (Å²) in [5.74, 6) is -1.49. The van der Waals surface area contributed by atoms with Gasteiger partial charge in [-0.15, -0.1) is 11.3 Å². The van der Waals surface area contributed by atoms with Crippen LogP contribution in [0.15, 0.2) is 23.7 Å². The summed E-state index contributed by atoms with van der Waals surface area (Å²) < 4.78 is 0. The summed E-state index contributed by atoms with van der Waals surface area (Å²) in [6.07, 6.45) is 6.59. The van der Waals surface area contributed by atoms with E-state index in [2.05, 4.69) is 10.3 Å². The van der Waals surface area contributed by atoms with Crippen molar-refractivity contribution in [3.05, 3.63) is 23.7 Å². The Morgan fingerprint density at radius 2 is 1.95 bits per heavy atom. The molecule has 1 aliphatic heterocycles. The zero-order valence-electron chi connectivity index (χ0n) is 11.5. The number of rotatable bonds is 3. The van der Waals surface area contributed by atoms with Crippen LogP contribution >= 0.6 is 11.3 Å². The third-order valence-corrected chi connectivity index (χ3v) is 4.66. The smallest absolute Gasteiger partial charge is 0.249 e. The molecule has 0 radical (unpaired) electrons. The van der Waals surface area contributed by atoms with Gasteiger partial charge in [0.2, 0.25) is 17.7 Å². The summed E-state index contributed by atoms with van der Waals surface area (Å²) >= 11 is 1.29. The monoisotopic (exact) mass is 305 g/mol. The van der Waals surface area contributed by atoms with Gasteiger partial charge in [0.15, 0.2) is 5.13 Å². The number of thiazole rings is 1. The topological polar surface area (TPSA) is 79.4 Å². The van der Waals surface area contributed by atoms with E-state index >= 15 is 0 Å². The highest BCUT2D eigenvalue weighted by Gasteiger charge is 2.50. The van der Waals surface area contributed by atoms with E-state index < -0.39 is 11.9 Å².